The molecule has 0 aromatic carbocycles. The topological polar surface area (TPSA) is 56.6 Å². The summed E-state index contributed by atoms with van der Waals surface area (Å²) >= 11 is 0. The van der Waals surface area contributed by atoms with Gasteiger partial charge in [-0.3, -0.25) is 4.79 Å². The third-order valence-electron chi connectivity index (χ3n) is 1.65. The Balaban J connectivity index is 3.39. The van der Waals surface area contributed by atoms with Crippen molar-refractivity contribution in [1.82, 2.24) is 4.98 Å². The molecule has 0 saturated heterocycles. The van der Waals surface area contributed by atoms with Crippen molar-refractivity contribution >= 4 is 0 Å². The van der Waals surface area contributed by atoms with Crippen LogP contribution in [-0.2, 0) is 6.42 Å². The molecule has 6 heteroatoms. The number of rotatable bonds is 2. The molecule has 0 fully saturated rings. The summed E-state index contributed by atoms with van der Waals surface area (Å²) in [5, 5.41) is 8.28. The van der Waals surface area contributed by atoms with E-state index in [2.05, 4.69) is 0 Å². The lowest BCUT2D eigenvalue weighted by atomic mass is 10.1. The Morgan fingerprint density at radius 1 is 1.57 bits per heavy atom. The van der Waals surface area contributed by atoms with Gasteiger partial charge >= 0.3 is 0 Å². The number of halogens is 3. The summed E-state index contributed by atoms with van der Waals surface area (Å²) < 4.78 is 37.5. The Morgan fingerprint density at radius 3 is 2.71 bits per heavy atom. The zero-order chi connectivity index (χ0) is 10.7. The van der Waals surface area contributed by atoms with E-state index < -0.39 is 23.4 Å². The molecule has 0 atom stereocenters. The van der Waals surface area contributed by atoms with Crippen molar-refractivity contribution in [3.63, 3.8) is 0 Å². The zero-order valence-electron chi connectivity index (χ0n) is 6.85. The van der Waals surface area contributed by atoms with Crippen LogP contribution in [-0.4, -0.2) is 4.98 Å². The van der Waals surface area contributed by atoms with Gasteiger partial charge in [0.25, 0.3) is 12.0 Å². The van der Waals surface area contributed by atoms with Crippen LogP contribution in [0.1, 0.15) is 17.6 Å². The number of alkyl halides is 2. The molecule has 3 nitrogen and oxygen atoms in total. The summed E-state index contributed by atoms with van der Waals surface area (Å²) in [6.45, 7) is 0. The molecule has 74 valence electrons. The molecule has 0 unspecified atom stereocenters. The van der Waals surface area contributed by atoms with E-state index in [9.17, 15) is 18.0 Å². The molecule has 0 amide bonds. The lowest BCUT2D eigenvalue weighted by Gasteiger charge is -2.05. The van der Waals surface area contributed by atoms with E-state index in [-0.39, 0.29) is 12.0 Å². The number of aromatic amines is 1. The van der Waals surface area contributed by atoms with E-state index >= 15 is 0 Å². The van der Waals surface area contributed by atoms with Gasteiger partial charge in [-0.25, -0.2) is 13.2 Å². The third-order valence-corrected chi connectivity index (χ3v) is 1.65. The first kappa shape index (κ1) is 10.3. The highest BCUT2D eigenvalue weighted by Crippen LogP contribution is 2.23. The van der Waals surface area contributed by atoms with Crippen LogP contribution in [0.3, 0.4) is 0 Å². The summed E-state index contributed by atoms with van der Waals surface area (Å²) in [6.07, 6.45) is -2.54. The Kier molecular flexibility index (Phi) is 2.92. The Labute approximate surface area is 76.8 Å². The SMILES string of the molecule is N#CCc1c[nH]c(=O)c(F)c1C(F)F. The minimum absolute atomic E-state index is 0.195. The molecule has 0 bridgehead atoms. The van der Waals surface area contributed by atoms with Crippen molar-refractivity contribution in [1.29, 1.82) is 5.26 Å². The maximum atomic E-state index is 12.9. The first-order valence-corrected chi connectivity index (χ1v) is 3.63. The second-order valence-corrected chi connectivity index (χ2v) is 2.51. The summed E-state index contributed by atoms with van der Waals surface area (Å²) in [5.74, 6) is -1.52. The maximum Gasteiger partial charge on any atom is 0.284 e. The van der Waals surface area contributed by atoms with E-state index in [0.29, 0.717) is 0 Å². The smallest absolute Gasteiger partial charge is 0.284 e. The number of pyridine rings is 1. The molecule has 1 N–H and O–H groups in total. The predicted octanol–water partition coefficient (Wildman–Crippen LogP) is 1.52. The van der Waals surface area contributed by atoms with Gasteiger partial charge < -0.3 is 4.98 Å². The third kappa shape index (κ3) is 1.76. The first-order valence-electron chi connectivity index (χ1n) is 3.63. The molecule has 0 aliphatic carbocycles. The van der Waals surface area contributed by atoms with E-state index in [1.54, 1.807) is 6.07 Å². The molecule has 0 radical (unpaired) electrons. The van der Waals surface area contributed by atoms with Gasteiger partial charge in [0.2, 0.25) is 0 Å². The van der Waals surface area contributed by atoms with Crippen LogP contribution in [0.5, 0.6) is 0 Å². The van der Waals surface area contributed by atoms with Crippen LogP contribution >= 0.6 is 0 Å². The average molecular weight is 202 g/mol. The van der Waals surface area contributed by atoms with Crippen LogP contribution < -0.4 is 5.56 Å². The van der Waals surface area contributed by atoms with Crippen molar-refractivity contribution in [3.05, 3.63) is 33.5 Å². The van der Waals surface area contributed by atoms with Crippen LogP contribution in [0, 0.1) is 17.1 Å². The normalized spacial score (nSPS) is 10.2. The fourth-order valence-electron chi connectivity index (χ4n) is 1.02. The van der Waals surface area contributed by atoms with Gasteiger partial charge in [0, 0.05) is 6.20 Å². The number of nitriles is 1. The van der Waals surface area contributed by atoms with Crippen molar-refractivity contribution in [3.8, 4) is 6.07 Å². The molecule has 14 heavy (non-hydrogen) atoms. The fourth-order valence-corrected chi connectivity index (χ4v) is 1.02. The maximum absolute atomic E-state index is 12.9. The van der Waals surface area contributed by atoms with Crippen molar-refractivity contribution < 1.29 is 13.2 Å². The minimum Gasteiger partial charge on any atom is -0.326 e. The summed E-state index contributed by atoms with van der Waals surface area (Å²) in [6, 6.07) is 1.60. The number of aromatic nitrogens is 1. The first-order chi connectivity index (χ1) is 6.57. The van der Waals surface area contributed by atoms with E-state index in [0.717, 1.165) is 6.20 Å². The van der Waals surface area contributed by atoms with Gasteiger partial charge in [-0.05, 0) is 5.56 Å². The van der Waals surface area contributed by atoms with Crippen molar-refractivity contribution in [2.45, 2.75) is 12.8 Å². The summed E-state index contributed by atoms with van der Waals surface area (Å²) in [7, 11) is 0. The molecule has 0 spiro atoms. The minimum atomic E-state index is -3.10. The average Bonchev–Trinajstić information content (AvgIpc) is 2.11. The lowest BCUT2D eigenvalue weighted by molar-refractivity contribution is 0.144. The van der Waals surface area contributed by atoms with Crippen LogP contribution in [0.2, 0.25) is 0 Å². The fraction of sp³-hybridized carbons (Fsp3) is 0.250. The second kappa shape index (κ2) is 3.96. The Hall–Kier alpha value is -1.77. The van der Waals surface area contributed by atoms with Gasteiger partial charge in [-0.1, -0.05) is 0 Å². The number of hydrogen-bond acceptors (Lipinski definition) is 2. The van der Waals surface area contributed by atoms with Crippen LogP contribution in [0.4, 0.5) is 13.2 Å². The van der Waals surface area contributed by atoms with Gasteiger partial charge in [0.1, 0.15) is 0 Å². The molecule has 1 rings (SSSR count). The number of nitrogens with one attached hydrogen (secondary N) is 1. The van der Waals surface area contributed by atoms with Crippen LogP contribution in [0.15, 0.2) is 11.0 Å². The monoisotopic (exact) mass is 202 g/mol. The highest BCUT2D eigenvalue weighted by molar-refractivity contribution is 5.28. The van der Waals surface area contributed by atoms with E-state index in [1.807, 2.05) is 4.98 Å². The largest absolute Gasteiger partial charge is 0.326 e. The summed E-state index contributed by atoms with van der Waals surface area (Å²) in [5.41, 5.74) is -2.39. The zero-order valence-corrected chi connectivity index (χ0v) is 6.85. The summed E-state index contributed by atoms with van der Waals surface area (Å²) in [4.78, 5) is 12.6. The van der Waals surface area contributed by atoms with E-state index in [4.69, 9.17) is 5.26 Å². The number of hydrogen-bond donors (Lipinski definition) is 1. The molecular formula is C8H5F3N2O. The Morgan fingerprint density at radius 2 is 2.21 bits per heavy atom. The predicted molar refractivity (Wildman–Crippen MR) is 41.3 cm³/mol. The molecular weight excluding hydrogens is 197 g/mol. The molecule has 0 aliphatic heterocycles. The molecule has 0 aliphatic rings. The molecule has 1 aromatic rings. The van der Waals surface area contributed by atoms with Crippen molar-refractivity contribution in [2.24, 2.45) is 0 Å². The van der Waals surface area contributed by atoms with Gasteiger partial charge in [0.15, 0.2) is 5.82 Å². The highest BCUT2D eigenvalue weighted by atomic mass is 19.3. The molecule has 1 heterocycles. The lowest BCUT2D eigenvalue weighted by Crippen LogP contribution is -2.15. The molecule has 0 saturated carbocycles. The Bertz CT molecular complexity index is 433. The standard InChI is InChI=1S/C8H5F3N2O/c9-6-5(7(10)11)4(1-2-12)3-13-8(6)14/h3,7H,1H2,(H,13,14). The van der Waals surface area contributed by atoms with Gasteiger partial charge in [-0.2, -0.15) is 5.26 Å². The highest BCUT2D eigenvalue weighted by Gasteiger charge is 2.20. The van der Waals surface area contributed by atoms with Crippen LogP contribution in [0.25, 0.3) is 0 Å². The quantitative estimate of drug-likeness (QED) is 0.790. The number of nitrogens with zero attached hydrogens (tertiary/aromatic N) is 1. The van der Waals surface area contributed by atoms with Gasteiger partial charge in [-0.15, -0.1) is 0 Å². The van der Waals surface area contributed by atoms with Crippen molar-refractivity contribution in [2.75, 3.05) is 0 Å². The molecule has 1 aromatic heterocycles. The van der Waals surface area contributed by atoms with Gasteiger partial charge in [0.05, 0.1) is 18.1 Å². The van der Waals surface area contributed by atoms with E-state index in [1.165, 1.54) is 0 Å². The number of H-pyrrole nitrogens is 1. The second-order valence-electron chi connectivity index (χ2n) is 2.51.